The fourth-order valence-corrected chi connectivity index (χ4v) is 3.12. The second-order valence-corrected chi connectivity index (χ2v) is 6.06. The Morgan fingerprint density at radius 1 is 1.59 bits per heavy atom. The van der Waals surface area contributed by atoms with Crippen molar-refractivity contribution in [3.8, 4) is 0 Å². The average molecular weight is 327 g/mol. The number of anilines is 1. The molecule has 4 N–H and O–H groups in total. The van der Waals surface area contributed by atoms with Gasteiger partial charge in [-0.3, -0.25) is 0 Å². The smallest absolute Gasteiger partial charge is 0.243 e. The van der Waals surface area contributed by atoms with Crippen molar-refractivity contribution in [2.75, 3.05) is 12.3 Å². The molecule has 0 saturated carbocycles. The molecule has 0 spiro atoms. The topological polar surface area (TPSA) is 92.4 Å². The lowest BCUT2D eigenvalue weighted by Gasteiger charge is -2.13. The minimum absolute atomic E-state index is 0.0328. The Kier molecular flexibility index (Phi) is 4.48. The number of aliphatic hydroxyl groups is 1. The van der Waals surface area contributed by atoms with E-state index in [0.717, 1.165) is 6.07 Å². The van der Waals surface area contributed by atoms with Crippen LogP contribution in [0.25, 0.3) is 0 Å². The molecule has 0 unspecified atom stereocenters. The molecule has 0 aliphatic heterocycles. The molecule has 0 fully saturated rings. The molecule has 0 radical (unpaired) electrons. The fourth-order valence-electron chi connectivity index (χ4n) is 1.14. The zero-order chi connectivity index (χ0) is 13.2. The lowest BCUT2D eigenvalue weighted by atomic mass is 10.3. The number of benzene rings is 1. The maximum absolute atomic E-state index is 13.6. The van der Waals surface area contributed by atoms with Crippen LogP contribution < -0.4 is 10.5 Å². The van der Waals surface area contributed by atoms with Gasteiger partial charge in [0, 0.05) is 11.7 Å². The SMILES string of the molecule is C[C@H](CO)NS(=O)(=O)c1cc(N)cc(Br)c1F. The highest BCUT2D eigenvalue weighted by Gasteiger charge is 2.23. The van der Waals surface area contributed by atoms with Gasteiger partial charge >= 0.3 is 0 Å². The number of nitrogen functional groups attached to an aromatic ring is 1. The number of aliphatic hydroxyl groups excluding tert-OH is 1. The van der Waals surface area contributed by atoms with E-state index >= 15 is 0 Å². The first kappa shape index (κ1) is 14.4. The van der Waals surface area contributed by atoms with E-state index in [2.05, 4.69) is 20.7 Å². The van der Waals surface area contributed by atoms with Crippen molar-refractivity contribution >= 4 is 31.6 Å². The molecule has 0 aromatic heterocycles. The maximum Gasteiger partial charge on any atom is 0.243 e. The summed E-state index contributed by atoms with van der Waals surface area (Å²) in [6.07, 6.45) is 0. The molecule has 1 rings (SSSR count). The maximum atomic E-state index is 13.6. The van der Waals surface area contributed by atoms with Gasteiger partial charge in [0.25, 0.3) is 0 Å². The number of hydrogen-bond acceptors (Lipinski definition) is 4. The van der Waals surface area contributed by atoms with Gasteiger partial charge in [-0.2, -0.15) is 0 Å². The van der Waals surface area contributed by atoms with Crippen LogP contribution in [0.2, 0.25) is 0 Å². The van der Waals surface area contributed by atoms with Crippen molar-refractivity contribution in [2.45, 2.75) is 17.9 Å². The van der Waals surface area contributed by atoms with Crippen molar-refractivity contribution in [1.82, 2.24) is 4.72 Å². The molecular weight excluding hydrogens is 315 g/mol. The van der Waals surface area contributed by atoms with E-state index in [9.17, 15) is 12.8 Å². The molecule has 0 saturated heterocycles. The lowest BCUT2D eigenvalue weighted by molar-refractivity contribution is 0.265. The summed E-state index contributed by atoms with van der Waals surface area (Å²) in [7, 11) is -4.04. The number of rotatable bonds is 4. The third-order valence-electron chi connectivity index (χ3n) is 1.94. The summed E-state index contributed by atoms with van der Waals surface area (Å²) in [6, 6.07) is 1.58. The van der Waals surface area contributed by atoms with Gasteiger partial charge in [-0.1, -0.05) is 0 Å². The summed E-state index contributed by atoms with van der Waals surface area (Å²) in [4.78, 5) is -0.551. The van der Waals surface area contributed by atoms with Gasteiger partial charge in [0.15, 0.2) is 5.82 Å². The van der Waals surface area contributed by atoms with E-state index in [1.54, 1.807) is 0 Å². The zero-order valence-electron chi connectivity index (χ0n) is 8.94. The predicted octanol–water partition coefficient (Wildman–Crippen LogP) is 0.829. The van der Waals surface area contributed by atoms with Gasteiger partial charge < -0.3 is 10.8 Å². The highest BCUT2D eigenvalue weighted by molar-refractivity contribution is 9.10. The van der Waals surface area contributed by atoms with Crippen LogP contribution in [0.5, 0.6) is 0 Å². The molecule has 0 amide bonds. The van der Waals surface area contributed by atoms with Crippen molar-refractivity contribution < 1.29 is 17.9 Å². The lowest BCUT2D eigenvalue weighted by Crippen LogP contribution is -2.35. The van der Waals surface area contributed by atoms with Crippen molar-refractivity contribution in [3.05, 3.63) is 22.4 Å². The highest BCUT2D eigenvalue weighted by Crippen LogP contribution is 2.26. The van der Waals surface area contributed by atoms with E-state index in [1.165, 1.54) is 13.0 Å². The van der Waals surface area contributed by atoms with Crippen LogP contribution >= 0.6 is 15.9 Å². The molecule has 0 aliphatic rings. The first-order chi connectivity index (χ1) is 7.77. The second kappa shape index (κ2) is 5.30. The normalized spacial score (nSPS) is 13.6. The average Bonchev–Trinajstić information content (AvgIpc) is 2.22. The molecule has 1 aromatic carbocycles. The largest absolute Gasteiger partial charge is 0.399 e. The Balaban J connectivity index is 3.24. The fraction of sp³-hybridized carbons (Fsp3) is 0.333. The Morgan fingerprint density at radius 2 is 2.18 bits per heavy atom. The molecule has 0 heterocycles. The molecule has 96 valence electrons. The summed E-state index contributed by atoms with van der Waals surface area (Å²) in [6.45, 7) is 1.07. The van der Waals surface area contributed by atoms with Crippen LogP contribution in [0.3, 0.4) is 0 Å². The molecule has 5 nitrogen and oxygen atoms in total. The predicted molar refractivity (Wildman–Crippen MR) is 65.4 cm³/mol. The Hall–Kier alpha value is -0.700. The van der Waals surface area contributed by atoms with Crippen LogP contribution in [0.15, 0.2) is 21.5 Å². The van der Waals surface area contributed by atoms with Gasteiger partial charge in [0.2, 0.25) is 10.0 Å². The molecule has 1 atom stereocenters. The Morgan fingerprint density at radius 3 is 2.71 bits per heavy atom. The van der Waals surface area contributed by atoms with E-state index < -0.39 is 26.8 Å². The van der Waals surface area contributed by atoms with Gasteiger partial charge in [-0.15, -0.1) is 0 Å². The Bertz CT molecular complexity index is 521. The van der Waals surface area contributed by atoms with Crippen LogP contribution in [-0.2, 0) is 10.0 Å². The van der Waals surface area contributed by atoms with E-state index in [0.29, 0.717) is 0 Å². The van der Waals surface area contributed by atoms with E-state index in [4.69, 9.17) is 10.8 Å². The van der Waals surface area contributed by atoms with Crippen LogP contribution in [-0.4, -0.2) is 26.2 Å². The van der Waals surface area contributed by atoms with Gasteiger partial charge in [0.1, 0.15) is 4.90 Å². The number of sulfonamides is 1. The standard InChI is InChI=1S/C9H12BrFN2O3S/c1-5(4-14)13-17(15,16)8-3-6(12)2-7(10)9(8)11/h2-3,5,13-14H,4,12H2,1H3/t5-/m1/s1. The zero-order valence-corrected chi connectivity index (χ0v) is 11.3. The van der Waals surface area contributed by atoms with Crippen molar-refractivity contribution in [2.24, 2.45) is 0 Å². The first-order valence-corrected chi connectivity index (χ1v) is 6.93. The quantitative estimate of drug-likeness (QED) is 0.714. The molecule has 1 aromatic rings. The second-order valence-electron chi connectivity index (χ2n) is 3.52. The first-order valence-electron chi connectivity index (χ1n) is 4.65. The number of nitrogens with two attached hydrogens (primary N) is 1. The van der Waals surface area contributed by atoms with Crippen LogP contribution in [0.4, 0.5) is 10.1 Å². The molecular formula is C9H12BrFN2O3S. The Labute approximate surface area is 107 Å². The van der Waals surface area contributed by atoms with E-state index in [1.807, 2.05) is 0 Å². The third-order valence-corrected chi connectivity index (χ3v) is 4.10. The molecule has 0 bridgehead atoms. The highest BCUT2D eigenvalue weighted by atomic mass is 79.9. The minimum atomic E-state index is -4.04. The van der Waals surface area contributed by atoms with Gasteiger partial charge in [0.05, 0.1) is 11.1 Å². The number of halogens is 2. The number of hydrogen-bond donors (Lipinski definition) is 3. The summed E-state index contributed by atoms with van der Waals surface area (Å²) in [5, 5.41) is 8.77. The minimum Gasteiger partial charge on any atom is -0.399 e. The summed E-state index contributed by atoms with van der Waals surface area (Å²) in [5.41, 5.74) is 5.57. The summed E-state index contributed by atoms with van der Waals surface area (Å²) < 4.78 is 39.3. The third kappa shape index (κ3) is 3.38. The monoisotopic (exact) mass is 326 g/mol. The number of nitrogens with one attached hydrogen (secondary N) is 1. The summed E-state index contributed by atoms with van der Waals surface area (Å²) in [5.74, 6) is -0.920. The van der Waals surface area contributed by atoms with Gasteiger partial charge in [-0.25, -0.2) is 17.5 Å². The summed E-state index contributed by atoms with van der Waals surface area (Å²) >= 11 is 2.88. The molecule has 17 heavy (non-hydrogen) atoms. The van der Waals surface area contributed by atoms with Gasteiger partial charge in [-0.05, 0) is 35.0 Å². The van der Waals surface area contributed by atoms with Crippen LogP contribution in [0, 0.1) is 5.82 Å². The molecule has 8 heteroatoms. The molecule has 0 aliphatic carbocycles. The van der Waals surface area contributed by atoms with Crippen LogP contribution in [0.1, 0.15) is 6.92 Å². The van der Waals surface area contributed by atoms with Crippen molar-refractivity contribution in [3.63, 3.8) is 0 Å². The van der Waals surface area contributed by atoms with Crippen molar-refractivity contribution in [1.29, 1.82) is 0 Å². The van der Waals surface area contributed by atoms with E-state index in [-0.39, 0.29) is 16.8 Å².